The summed E-state index contributed by atoms with van der Waals surface area (Å²) in [5.74, 6) is 0.386. The molecule has 0 unspecified atom stereocenters. The summed E-state index contributed by atoms with van der Waals surface area (Å²) in [6.07, 6.45) is 3.35. The molecule has 2 heteroatoms. The van der Waals surface area contributed by atoms with Crippen molar-refractivity contribution in [2.24, 2.45) is 0 Å². The fourth-order valence-electron chi connectivity index (χ4n) is 3.28. The first-order valence-corrected chi connectivity index (χ1v) is 8.84. The van der Waals surface area contributed by atoms with Crippen molar-refractivity contribution in [3.8, 4) is 17.0 Å². The summed E-state index contributed by atoms with van der Waals surface area (Å²) < 4.78 is 0. The zero-order valence-corrected chi connectivity index (χ0v) is 15.1. The summed E-state index contributed by atoms with van der Waals surface area (Å²) in [7, 11) is 0. The number of unbranched alkanes of at least 4 members (excludes halogenated alkanes) is 1. The number of hydrogen-bond donors (Lipinski definition) is 2. The van der Waals surface area contributed by atoms with Gasteiger partial charge in [-0.15, -0.1) is 0 Å². The molecule has 0 spiro atoms. The second-order valence-corrected chi connectivity index (χ2v) is 7.65. The van der Waals surface area contributed by atoms with Gasteiger partial charge in [0, 0.05) is 22.2 Å². The van der Waals surface area contributed by atoms with Crippen LogP contribution in [0, 0.1) is 0 Å². The van der Waals surface area contributed by atoms with Gasteiger partial charge in [-0.25, -0.2) is 0 Å². The summed E-state index contributed by atoms with van der Waals surface area (Å²) >= 11 is 0. The first-order valence-electron chi connectivity index (χ1n) is 8.84. The maximum Gasteiger partial charge on any atom is 0.119 e. The summed E-state index contributed by atoms with van der Waals surface area (Å²) in [6.45, 7) is 8.66. The maximum absolute atomic E-state index is 10.6. The zero-order chi connectivity index (χ0) is 17.3. The van der Waals surface area contributed by atoms with Gasteiger partial charge in [0.2, 0.25) is 0 Å². The lowest BCUT2D eigenvalue weighted by Gasteiger charge is -2.23. The van der Waals surface area contributed by atoms with E-state index in [0.717, 1.165) is 41.6 Å². The molecule has 0 saturated carbocycles. The van der Waals surface area contributed by atoms with Crippen LogP contribution in [-0.2, 0) is 11.8 Å². The molecule has 0 aliphatic heterocycles. The normalized spacial score (nSPS) is 12.0. The summed E-state index contributed by atoms with van der Waals surface area (Å²) in [6, 6.07) is 14.6. The van der Waals surface area contributed by atoms with Crippen LogP contribution in [0.4, 0.5) is 0 Å². The minimum atomic E-state index is -0.0654. The molecule has 2 nitrogen and oxygen atoms in total. The average Bonchev–Trinajstić information content (AvgIpc) is 2.96. The van der Waals surface area contributed by atoms with E-state index < -0.39 is 0 Å². The number of fused-ring (bicyclic) bond motifs is 1. The Morgan fingerprint density at radius 1 is 1.04 bits per heavy atom. The van der Waals surface area contributed by atoms with E-state index in [1.165, 1.54) is 10.9 Å². The second-order valence-electron chi connectivity index (χ2n) is 7.65. The van der Waals surface area contributed by atoms with Crippen LogP contribution in [0.15, 0.2) is 42.5 Å². The quantitative estimate of drug-likeness (QED) is 0.591. The first kappa shape index (κ1) is 16.6. The van der Waals surface area contributed by atoms with E-state index in [2.05, 4.69) is 63.0 Å². The van der Waals surface area contributed by atoms with Crippen LogP contribution in [0.25, 0.3) is 22.2 Å². The van der Waals surface area contributed by atoms with Gasteiger partial charge >= 0.3 is 0 Å². The molecule has 0 atom stereocenters. The number of aryl methyl sites for hydroxylation is 1. The molecule has 1 aromatic heterocycles. The van der Waals surface area contributed by atoms with Crippen LogP contribution in [0.5, 0.6) is 5.75 Å². The minimum absolute atomic E-state index is 0.0654. The third-order valence-electron chi connectivity index (χ3n) is 4.65. The number of benzene rings is 2. The molecular weight excluding hydrogens is 294 g/mol. The SMILES string of the molecule is CCCCc1cc(C(C)(C)C)c(O)cc1-c1cc2ccccc2[nH]1. The molecule has 0 bridgehead atoms. The lowest BCUT2D eigenvalue weighted by Crippen LogP contribution is -2.12. The van der Waals surface area contributed by atoms with Gasteiger partial charge in [0.15, 0.2) is 0 Å². The van der Waals surface area contributed by atoms with Crippen molar-refractivity contribution in [2.45, 2.75) is 52.4 Å². The standard InChI is InChI=1S/C22H27NO/c1-5-6-9-15-12-18(22(2,3)4)21(24)14-17(15)20-13-16-10-7-8-11-19(16)23-20/h7-8,10-14,23-24H,5-6,9H2,1-4H3. The third kappa shape index (κ3) is 3.19. The molecule has 0 aliphatic rings. The van der Waals surface area contributed by atoms with Gasteiger partial charge in [0.05, 0.1) is 0 Å². The fraction of sp³-hybridized carbons (Fsp3) is 0.364. The number of nitrogens with one attached hydrogen (secondary N) is 1. The Kier molecular flexibility index (Phi) is 4.40. The molecule has 2 aromatic carbocycles. The Bertz CT molecular complexity index is 819. The van der Waals surface area contributed by atoms with Crippen molar-refractivity contribution in [2.75, 3.05) is 0 Å². The number of aromatic amines is 1. The molecular formula is C22H27NO. The van der Waals surface area contributed by atoms with Gasteiger partial charge in [0.25, 0.3) is 0 Å². The van der Waals surface area contributed by atoms with Crippen molar-refractivity contribution in [1.82, 2.24) is 4.98 Å². The van der Waals surface area contributed by atoms with E-state index in [9.17, 15) is 5.11 Å². The Balaban J connectivity index is 2.16. The fourth-order valence-corrected chi connectivity index (χ4v) is 3.28. The van der Waals surface area contributed by atoms with Crippen molar-refractivity contribution < 1.29 is 5.11 Å². The smallest absolute Gasteiger partial charge is 0.119 e. The van der Waals surface area contributed by atoms with Gasteiger partial charge in [-0.3, -0.25) is 0 Å². The molecule has 2 N–H and O–H groups in total. The van der Waals surface area contributed by atoms with Gasteiger partial charge in [-0.2, -0.15) is 0 Å². The number of rotatable bonds is 4. The Morgan fingerprint density at radius 2 is 1.79 bits per heavy atom. The summed E-state index contributed by atoms with van der Waals surface area (Å²) in [4.78, 5) is 3.50. The Labute approximate surface area is 144 Å². The number of phenolic OH excluding ortho intramolecular Hbond substituents is 1. The van der Waals surface area contributed by atoms with Crippen molar-refractivity contribution >= 4 is 10.9 Å². The third-order valence-corrected chi connectivity index (χ3v) is 4.65. The highest BCUT2D eigenvalue weighted by molar-refractivity contribution is 5.86. The molecule has 1 heterocycles. The van der Waals surface area contributed by atoms with E-state index in [-0.39, 0.29) is 5.41 Å². The van der Waals surface area contributed by atoms with Gasteiger partial charge in [0.1, 0.15) is 5.75 Å². The highest BCUT2D eigenvalue weighted by Gasteiger charge is 2.21. The molecule has 3 aromatic rings. The number of aromatic nitrogens is 1. The van der Waals surface area contributed by atoms with E-state index in [1.807, 2.05) is 12.1 Å². The predicted molar refractivity (Wildman–Crippen MR) is 103 cm³/mol. The lowest BCUT2D eigenvalue weighted by molar-refractivity contribution is 0.446. The second kappa shape index (κ2) is 6.35. The summed E-state index contributed by atoms with van der Waals surface area (Å²) in [5.41, 5.74) is 5.60. The highest BCUT2D eigenvalue weighted by Crippen LogP contribution is 2.37. The number of phenols is 1. The van der Waals surface area contributed by atoms with Crippen LogP contribution in [0.3, 0.4) is 0 Å². The van der Waals surface area contributed by atoms with Crippen LogP contribution in [0.2, 0.25) is 0 Å². The van der Waals surface area contributed by atoms with E-state index in [1.54, 1.807) is 0 Å². The monoisotopic (exact) mass is 321 g/mol. The number of para-hydroxylation sites is 1. The largest absolute Gasteiger partial charge is 0.508 e. The number of aromatic hydroxyl groups is 1. The molecule has 3 rings (SSSR count). The molecule has 0 fully saturated rings. The van der Waals surface area contributed by atoms with E-state index in [4.69, 9.17) is 0 Å². The topological polar surface area (TPSA) is 36.0 Å². The molecule has 0 saturated heterocycles. The van der Waals surface area contributed by atoms with Gasteiger partial charge in [-0.1, -0.05) is 58.4 Å². The summed E-state index contributed by atoms with van der Waals surface area (Å²) in [5, 5.41) is 11.8. The lowest BCUT2D eigenvalue weighted by atomic mass is 9.83. The van der Waals surface area contributed by atoms with Crippen LogP contribution < -0.4 is 0 Å². The van der Waals surface area contributed by atoms with Crippen molar-refractivity contribution in [3.05, 3.63) is 53.6 Å². The van der Waals surface area contributed by atoms with Gasteiger partial charge < -0.3 is 10.1 Å². The van der Waals surface area contributed by atoms with Crippen LogP contribution in [-0.4, -0.2) is 10.1 Å². The molecule has 126 valence electrons. The highest BCUT2D eigenvalue weighted by atomic mass is 16.3. The minimum Gasteiger partial charge on any atom is -0.508 e. The molecule has 24 heavy (non-hydrogen) atoms. The predicted octanol–water partition coefficient (Wildman–Crippen LogP) is 6.18. The van der Waals surface area contributed by atoms with Crippen molar-refractivity contribution in [1.29, 1.82) is 0 Å². The number of H-pyrrole nitrogens is 1. The van der Waals surface area contributed by atoms with E-state index in [0.29, 0.717) is 5.75 Å². The molecule has 0 amide bonds. The van der Waals surface area contributed by atoms with Crippen LogP contribution >= 0.6 is 0 Å². The first-order chi connectivity index (χ1) is 11.4. The van der Waals surface area contributed by atoms with Crippen molar-refractivity contribution in [3.63, 3.8) is 0 Å². The molecule has 0 aliphatic carbocycles. The average molecular weight is 321 g/mol. The molecule has 0 radical (unpaired) electrons. The number of hydrogen-bond acceptors (Lipinski definition) is 1. The van der Waals surface area contributed by atoms with E-state index >= 15 is 0 Å². The van der Waals surface area contributed by atoms with Crippen LogP contribution in [0.1, 0.15) is 51.7 Å². The van der Waals surface area contributed by atoms with Gasteiger partial charge in [-0.05, 0) is 47.6 Å². The Morgan fingerprint density at radius 3 is 2.46 bits per heavy atom. The Hall–Kier alpha value is -2.22. The zero-order valence-electron chi connectivity index (χ0n) is 15.1. The maximum atomic E-state index is 10.6.